The van der Waals surface area contributed by atoms with E-state index in [0.29, 0.717) is 53.7 Å². The van der Waals surface area contributed by atoms with Crippen LogP contribution in [0.4, 0.5) is 18.9 Å². The van der Waals surface area contributed by atoms with Crippen molar-refractivity contribution in [3.05, 3.63) is 64.8 Å². The summed E-state index contributed by atoms with van der Waals surface area (Å²) in [6.07, 6.45) is -1.26. The number of carboxylic acid groups (broad SMARTS) is 1. The first-order valence-corrected chi connectivity index (χ1v) is 13.7. The SMILES string of the molecule is CNC(=O)c1ccc2c(C)cn(C(C)C(=O)Nc3cc(CN4CCCC4C(F)(F)F)ccc3CCCC(=O)O)c2c1. The summed E-state index contributed by atoms with van der Waals surface area (Å²) >= 11 is 0. The molecule has 8 nitrogen and oxygen atoms in total. The number of carbonyl (C=O) groups is 3. The Morgan fingerprint density at radius 3 is 2.59 bits per heavy atom. The molecule has 2 unspecified atom stereocenters. The van der Waals surface area contributed by atoms with Gasteiger partial charge in [0.2, 0.25) is 5.91 Å². The van der Waals surface area contributed by atoms with Gasteiger partial charge in [-0.25, -0.2) is 0 Å². The van der Waals surface area contributed by atoms with E-state index in [2.05, 4.69) is 10.6 Å². The number of aryl methyl sites for hydroxylation is 2. The van der Waals surface area contributed by atoms with Gasteiger partial charge in [0, 0.05) is 48.4 Å². The summed E-state index contributed by atoms with van der Waals surface area (Å²) in [5, 5.41) is 15.5. The number of carboxylic acids is 1. The third-order valence-corrected chi connectivity index (χ3v) is 7.72. The highest BCUT2D eigenvalue weighted by molar-refractivity contribution is 6.00. The smallest absolute Gasteiger partial charge is 0.404 e. The quantitative estimate of drug-likeness (QED) is 0.300. The van der Waals surface area contributed by atoms with Crippen LogP contribution in [-0.4, -0.2) is 58.2 Å². The Morgan fingerprint density at radius 1 is 1.15 bits per heavy atom. The lowest BCUT2D eigenvalue weighted by molar-refractivity contribution is -0.177. The van der Waals surface area contributed by atoms with Crippen LogP contribution >= 0.6 is 0 Å². The second-order valence-corrected chi connectivity index (χ2v) is 10.6. The number of carbonyl (C=O) groups excluding carboxylic acids is 2. The van der Waals surface area contributed by atoms with E-state index in [-0.39, 0.29) is 31.2 Å². The molecule has 0 bridgehead atoms. The van der Waals surface area contributed by atoms with Crippen molar-refractivity contribution in [2.75, 3.05) is 18.9 Å². The molecular formula is C30H35F3N4O4. The standard InChI is InChI=1S/C30H35F3N4O4/c1-18-16-37(25-15-22(29(41)34-3)11-12-23(18)25)19(2)28(40)35-24-14-20(9-10-21(24)6-4-8-27(38)39)17-36-13-5-7-26(36)30(31,32)33/h9-12,14-16,19,26H,4-8,13,17H2,1-3H3,(H,34,41)(H,35,40)(H,38,39). The number of nitrogens with one attached hydrogen (secondary N) is 2. The van der Waals surface area contributed by atoms with Crippen molar-refractivity contribution in [1.29, 1.82) is 0 Å². The lowest BCUT2D eigenvalue weighted by atomic mass is 10.0. The molecule has 2 aromatic carbocycles. The maximum Gasteiger partial charge on any atom is 0.404 e. The van der Waals surface area contributed by atoms with Gasteiger partial charge in [-0.3, -0.25) is 19.3 Å². The van der Waals surface area contributed by atoms with Gasteiger partial charge in [-0.2, -0.15) is 13.2 Å². The van der Waals surface area contributed by atoms with Crippen molar-refractivity contribution < 1.29 is 32.7 Å². The number of halogens is 3. The van der Waals surface area contributed by atoms with Gasteiger partial charge in [-0.1, -0.05) is 18.2 Å². The summed E-state index contributed by atoms with van der Waals surface area (Å²) in [7, 11) is 1.54. The Morgan fingerprint density at radius 2 is 1.90 bits per heavy atom. The summed E-state index contributed by atoms with van der Waals surface area (Å²) in [6, 6.07) is 8.29. The van der Waals surface area contributed by atoms with Crippen LogP contribution in [0, 0.1) is 6.92 Å². The molecule has 2 heterocycles. The number of aromatic nitrogens is 1. The maximum absolute atomic E-state index is 13.5. The van der Waals surface area contributed by atoms with Crippen LogP contribution in [0.2, 0.25) is 0 Å². The first-order valence-electron chi connectivity index (χ1n) is 13.7. The molecule has 2 amide bonds. The molecule has 2 atom stereocenters. The largest absolute Gasteiger partial charge is 0.481 e. The van der Waals surface area contributed by atoms with Crippen LogP contribution in [0.5, 0.6) is 0 Å². The van der Waals surface area contributed by atoms with Gasteiger partial charge in [-0.05, 0) is 81.0 Å². The molecule has 1 aliphatic rings. The minimum absolute atomic E-state index is 0.0467. The third kappa shape index (κ3) is 6.90. The van der Waals surface area contributed by atoms with E-state index in [1.807, 2.05) is 19.2 Å². The molecule has 220 valence electrons. The first-order chi connectivity index (χ1) is 19.4. The fourth-order valence-corrected chi connectivity index (χ4v) is 5.50. The highest BCUT2D eigenvalue weighted by Gasteiger charge is 2.45. The zero-order valence-electron chi connectivity index (χ0n) is 23.3. The minimum Gasteiger partial charge on any atom is -0.481 e. The van der Waals surface area contributed by atoms with E-state index < -0.39 is 24.2 Å². The summed E-state index contributed by atoms with van der Waals surface area (Å²) in [5.74, 6) is -1.53. The Bertz CT molecular complexity index is 1450. The number of fused-ring (bicyclic) bond motifs is 1. The van der Waals surface area contributed by atoms with Gasteiger partial charge in [0.1, 0.15) is 12.1 Å². The maximum atomic E-state index is 13.5. The number of hydrogen-bond acceptors (Lipinski definition) is 4. The molecule has 0 aliphatic carbocycles. The number of aliphatic carboxylic acids is 1. The topological polar surface area (TPSA) is 104 Å². The predicted octanol–water partition coefficient (Wildman–Crippen LogP) is 5.44. The number of anilines is 1. The second-order valence-electron chi connectivity index (χ2n) is 10.6. The Kier molecular flexibility index (Phi) is 9.06. The van der Waals surface area contributed by atoms with Crippen molar-refractivity contribution in [2.45, 2.75) is 70.8 Å². The third-order valence-electron chi connectivity index (χ3n) is 7.72. The van der Waals surface area contributed by atoms with Crippen LogP contribution in [0.1, 0.15) is 65.7 Å². The lowest BCUT2D eigenvalue weighted by Crippen LogP contribution is -2.40. The lowest BCUT2D eigenvalue weighted by Gasteiger charge is -2.27. The summed E-state index contributed by atoms with van der Waals surface area (Å²) in [5.41, 5.74) is 3.90. The average molecular weight is 573 g/mol. The van der Waals surface area contributed by atoms with Gasteiger partial charge in [-0.15, -0.1) is 0 Å². The van der Waals surface area contributed by atoms with Crippen molar-refractivity contribution in [3.63, 3.8) is 0 Å². The molecule has 0 radical (unpaired) electrons. The van der Waals surface area contributed by atoms with Gasteiger partial charge < -0.3 is 20.3 Å². The zero-order chi connectivity index (χ0) is 29.9. The Labute approximate surface area is 236 Å². The number of hydrogen-bond donors (Lipinski definition) is 3. The minimum atomic E-state index is -4.31. The van der Waals surface area contributed by atoms with Crippen LogP contribution < -0.4 is 10.6 Å². The van der Waals surface area contributed by atoms with Crippen molar-refractivity contribution in [1.82, 2.24) is 14.8 Å². The average Bonchev–Trinajstić information content (AvgIpc) is 3.53. The monoisotopic (exact) mass is 572 g/mol. The van der Waals surface area contributed by atoms with Gasteiger partial charge in [0.25, 0.3) is 5.91 Å². The normalized spacial score (nSPS) is 16.6. The molecule has 11 heteroatoms. The number of benzene rings is 2. The van der Waals surface area contributed by atoms with Crippen LogP contribution in [-0.2, 0) is 22.6 Å². The van der Waals surface area contributed by atoms with Gasteiger partial charge in [0.05, 0.1) is 0 Å². The molecule has 1 saturated heterocycles. The molecule has 0 saturated carbocycles. The van der Waals surface area contributed by atoms with Crippen molar-refractivity contribution in [2.24, 2.45) is 0 Å². The molecular weight excluding hydrogens is 537 g/mol. The first kappa shape index (κ1) is 30.1. The Hall–Kier alpha value is -3.86. The summed E-state index contributed by atoms with van der Waals surface area (Å²) in [4.78, 5) is 38.2. The van der Waals surface area contributed by atoms with Crippen LogP contribution in [0.15, 0.2) is 42.6 Å². The molecule has 0 spiro atoms. The molecule has 4 rings (SSSR count). The fraction of sp³-hybridized carbons (Fsp3) is 0.433. The number of nitrogens with zero attached hydrogens (tertiary/aromatic N) is 2. The van der Waals surface area contributed by atoms with Crippen molar-refractivity contribution in [3.8, 4) is 0 Å². The molecule has 3 aromatic rings. The van der Waals surface area contributed by atoms with E-state index in [0.717, 1.165) is 10.9 Å². The highest BCUT2D eigenvalue weighted by atomic mass is 19.4. The second kappa shape index (κ2) is 12.3. The number of likely N-dealkylation sites (tertiary alicyclic amines) is 1. The molecule has 3 N–H and O–H groups in total. The molecule has 1 aromatic heterocycles. The van der Waals surface area contributed by atoms with Crippen LogP contribution in [0.3, 0.4) is 0 Å². The van der Waals surface area contributed by atoms with E-state index in [1.54, 1.807) is 48.9 Å². The van der Waals surface area contributed by atoms with Crippen LogP contribution in [0.25, 0.3) is 10.9 Å². The van der Waals surface area contributed by atoms with Gasteiger partial charge >= 0.3 is 12.1 Å². The molecule has 41 heavy (non-hydrogen) atoms. The highest BCUT2D eigenvalue weighted by Crippen LogP contribution is 2.34. The van der Waals surface area contributed by atoms with Gasteiger partial charge in [0.15, 0.2) is 0 Å². The summed E-state index contributed by atoms with van der Waals surface area (Å²) in [6.45, 7) is 4.07. The van der Waals surface area contributed by atoms with Crippen molar-refractivity contribution >= 4 is 34.4 Å². The van der Waals surface area contributed by atoms with E-state index in [9.17, 15) is 27.6 Å². The number of alkyl halides is 3. The molecule has 1 aliphatic heterocycles. The summed E-state index contributed by atoms with van der Waals surface area (Å²) < 4.78 is 42.3. The van der Waals surface area contributed by atoms with E-state index >= 15 is 0 Å². The number of amides is 2. The van der Waals surface area contributed by atoms with E-state index in [4.69, 9.17) is 5.11 Å². The van der Waals surface area contributed by atoms with E-state index in [1.165, 1.54) is 4.90 Å². The Balaban J connectivity index is 1.61. The predicted molar refractivity (Wildman–Crippen MR) is 150 cm³/mol. The zero-order valence-corrected chi connectivity index (χ0v) is 23.3. The fourth-order valence-electron chi connectivity index (χ4n) is 5.50. The number of rotatable bonds is 10. The molecule has 1 fully saturated rings.